The Bertz CT molecular complexity index is 624. The number of carbonyl (C=O) groups is 1. The van der Waals surface area contributed by atoms with Gasteiger partial charge in [0.15, 0.2) is 0 Å². The van der Waals surface area contributed by atoms with Gasteiger partial charge in [0.25, 0.3) is 5.91 Å². The van der Waals surface area contributed by atoms with Gasteiger partial charge >= 0.3 is 0 Å². The van der Waals surface area contributed by atoms with Crippen LogP contribution in [0.5, 0.6) is 5.75 Å². The monoisotopic (exact) mass is 284 g/mol. The molecule has 0 aliphatic carbocycles. The van der Waals surface area contributed by atoms with Crippen LogP contribution in [0.3, 0.4) is 0 Å². The van der Waals surface area contributed by atoms with Gasteiger partial charge in [-0.05, 0) is 35.9 Å². The van der Waals surface area contributed by atoms with Crippen LogP contribution in [-0.4, -0.2) is 17.1 Å². The fourth-order valence-corrected chi connectivity index (χ4v) is 1.93. The molecule has 0 aliphatic rings. The van der Waals surface area contributed by atoms with E-state index in [9.17, 15) is 9.90 Å². The van der Waals surface area contributed by atoms with Crippen LogP contribution in [0.1, 0.15) is 29.8 Å². The molecule has 2 rings (SSSR count). The first kappa shape index (κ1) is 15.1. The van der Waals surface area contributed by atoms with Gasteiger partial charge in [0.05, 0.1) is 0 Å². The molecule has 0 spiro atoms. The van der Waals surface area contributed by atoms with E-state index in [-0.39, 0.29) is 11.7 Å². The van der Waals surface area contributed by atoms with Gasteiger partial charge in [-0.25, -0.2) is 0 Å². The molecule has 0 saturated carbocycles. The fourth-order valence-electron chi connectivity index (χ4n) is 1.93. The third kappa shape index (κ3) is 4.61. The zero-order valence-electron chi connectivity index (χ0n) is 12.3. The van der Waals surface area contributed by atoms with Crippen molar-refractivity contribution in [1.29, 1.82) is 0 Å². The van der Waals surface area contributed by atoms with Crippen molar-refractivity contribution in [1.82, 2.24) is 5.32 Å². The predicted octanol–water partition coefficient (Wildman–Crippen LogP) is 3.14. The van der Waals surface area contributed by atoms with Crippen molar-refractivity contribution >= 4 is 11.6 Å². The van der Waals surface area contributed by atoms with Crippen LogP contribution in [0.2, 0.25) is 0 Å². The Hall–Kier alpha value is -2.33. The highest BCUT2D eigenvalue weighted by molar-refractivity contribution is 6.04. The minimum absolute atomic E-state index is 0.0811. The lowest BCUT2D eigenvalue weighted by Gasteiger charge is -2.10. The van der Waals surface area contributed by atoms with Gasteiger partial charge in [0.2, 0.25) is 0 Å². The first-order chi connectivity index (χ1) is 10.0. The van der Waals surface area contributed by atoms with Crippen molar-refractivity contribution in [3.8, 4) is 5.75 Å². The van der Waals surface area contributed by atoms with Crippen LogP contribution in [0, 0.1) is 0 Å². The second-order valence-corrected chi connectivity index (χ2v) is 5.24. The van der Waals surface area contributed by atoms with Gasteiger partial charge in [-0.15, -0.1) is 0 Å². The maximum atomic E-state index is 12.1. The third-order valence-electron chi connectivity index (χ3n) is 3.01. The number of amides is 1. The van der Waals surface area contributed by atoms with Crippen LogP contribution in [0.15, 0.2) is 48.5 Å². The number of hydrogen-bond donors (Lipinski definition) is 3. The smallest absolute Gasteiger partial charge is 0.255 e. The molecule has 4 nitrogen and oxygen atoms in total. The molecule has 0 unspecified atom stereocenters. The summed E-state index contributed by atoms with van der Waals surface area (Å²) in [6.07, 6.45) is 0. The molecule has 2 aromatic rings. The Morgan fingerprint density at radius 2 is 1.90 bits per heavy atom. The lowest BCUT2D eigenvalue weighted by molar-refractivity contribution is 0.102. The van der Waals surface area contributed by atoms with Crippen molar-refractivity contribution in [2.24, 2.45) is 0 Å². The first-order valence-electron chi connectivity index (χ1n) is 6.97. The van der Waals surface area contributed by atoms with Crippen molar-refractivity contribution in [3.63, 3.8) is 0 Å². The number of rotatable bonds is 5. The molecule has 2 aromatic carbocycles. The molecule has 0 saturated heterocycles. The Morgan fingerprint density at radius 3 is 2.62 bits per heavy atom. The number of hydrogen-bond acceptors (Lipinski definition) is 3. The predicted molar refractivity (Wildman–Crippen MR) is 84.5 cm³/mol. The molecule has 0 fully saturated rings. The Balaban J connectivity index is 2.05. The highest BCUT2D eigenvalue weighted by Gasteiger charge is 2.07. The van der Waals surface area contributed by atoms with Gasteiger partial charge in [-0.3, -0.25) is 4.79 Å². The summed E-state index contributed by atoms with van der Waals surface area (Å²) < 4.78 is 0. The molecule has 1 amide bonds. The summed E-state index contributed by atoms with van der Waals surface area (Å²) in [5.41, 5.74) is 2.28. The molecule has 0 aliphatic heterocycles. The lowest BCUT2D eigenvalue weighted by atomic mass is 10.1. The van der Waals surface area contributed by atoms with E-state index in [2.05, 4.69) is 24.5 Å². The van der Waals surface area contributed by atoms with Gasteiger partial charge in [-0.2, -0.15) is 0 Å². The Kier molecular flexibility index (Phi) is 4.95. The third-order valence-corrected chi connectivity index (χ3v) is 3.01. The number of phenols is 1. The molecule has 4 heteroatoms. The summed E-state index contributed by atoms with van der Waals surface area (Å²) >= 11 is 0. The van der Waals surface area contributed by atoms with E-state index in [0.29, 0.717) is 11.6 Å². The molecule has 3 N–H and O–H groups in total. The topological polar surface area (TPSA) is 61.4 Å². The molecular formula is C17H20N2O2. The van der Waals surface area contributed by atoms with Gasteiger partial charge < -0.3 is 15.7 Å². The summed E-state index contributed by atoms with van der Waals surface area (Å²) in [5, 5.41) is 15.6. The molecule has 110 valence electrons. The summed E-state index contributed by atoms with van der Waals surface area (Å²) in [7, 11) is 0. The molecule has 0 radical (unpaired) electrons. The second-order valence-electron chi connectivity index (χ2n) is 5.24. The van der Waals surface area contributed by atoms with E-state index >= 15 is 0 Å². The number of benzene rings is 2. The number of aromatic hydroxyl groups is 1. The van der Waals surface area contributed by atoms with Crippen molar-refractivity contribution in [2.45, 2.75) is 26.4 Å². The summed E-state index contributed by atoms with van der Waals surface area (Å²) in [4.78, 5) is 12.1. The average molecular weight is 284 g/mol. The first-order valence-corrected chi connectivity index (χ1v) is 6.97. The highest BCUT2D eigenvalue weighted by atomic mass is 16.3. The zero-order chi connectivity index (χ0) is 15.2. The minimum atomic E-state index is -0.236. The summed E-state index contributed by atoms with van der Waals surface area (Å²) in [6, 6.07) is 14.4. The molecule has 0 heterocycles. The normalized spacial score (nSPS) is 10.6. The summed E-state index contributed by atoms with van der Waals surface area (Å²) in [6.45, 7) is 4.94. The highest BCUT2D eigenvalue weighted by Crippen LogP contribution is 2.15. The van der Waals surface area contributed by atoms with Crippen LogP contribution in [0.4, 0.5) is 5.69 Å². The number of phenolic OH excluding ortho intramolecular Hbond substituents is 1. The number of carbonyl (C=O) groups excluding carboxylic acids is 1. The standard InChI is InChI=1S/C17H20N2O2/c1-12(2)18-11-13-5-3-7-15(9-13)19-17(21)14-6-4-8-16(20)10-14/h3-10,12,18,20H,11H2,1-2H3,(H,19,21). The maximum Gasteiger partial charge on any atom is 0.255 e. The SMILES string of the molecule is CC(C)NCc1cccc(NC(=O)c2cccc(O)c2)c1. The van der Waals surface area contributed by atoms with E-state index in [0.717, 1.165) is 17.8 Å². The average Bonchev–Trinajstić information content (AvgIpc) is 2.45. The molecular weight excluding hydrogens is 264 g/mol. The zero-order valence-corrected chi connectivity index (χ0v) is 12.3. The second kappa shape index (κ2) is 6.90. The number of anilines is 1. The summed E-state index contributed by atoms with van der Waals surface area (Å²) in [5.74, 6) is -0.155. The van der Waals surface area contributed by atoms with Crippen LogP contribution < -0.4 is 10.6 Å². The Labute approximate surface area is 124 Å². The minimum Gasteiger partial charge on any atom is -0.508 e. The number of nitrogens with one attached hydrogen (secondary N) is 2. The maximum absolute atomic E-state index is 12.1. The van der Waals surface area contributed by atoms with E-state index in [4.69, 9.17) is 0 Å². The lowest BCUT2D eigenvalue weighted by Crippen LogP contribution is -2.21. The van der Waals surface area contributed by atoms with Crippen LogP contribution in [0.25, 0.3) is 0 Å². The van der Waals surface area contributed by atoms with E-state index < -0.39 is 0 Å². The molecule has 0 atom stereocenters. The van der Waals surface area contributed by atoms with E-state index in [1.807, 2.05) is 24.3 Å². The van der Waals surface area contributed by atoms with Crippen molar-refractivity contribution < 1.29 is 9.90 Å². The van der Waals surface area contributed by atoms with Gasteiger partial charge in [0, 0.05) is 23.8 Å². The van der Waals surface area contributed by atoms with Crippen LogP contribution in [-0.2, 0) is 6.54 Å². The van der Waals surface area contributed by atoms with Crippen LogP contribution >= 0.6 is 0 Å². The molecule has 0 bridgehead atoms. The fraction of sp³-hybridized carbons (Fsp3) is 0.235. The quantitative estimate of drug-likeness (QED) is 0.790. The van der Waals surface area contributed by atoms with Crippen molar-refractivity contribution in [2.75, 3.05) is 5.32 Å². The van der Waals surface area contributed by atoms with Crippen molar-refractivity contribution in [3.05, 3.63) is 59.7 Å². The largest absolute Gasteiger partial charge is 0.508 e. The van der Waals surface area contributed by atoms with Gasteiger partial charge in [0.1, 0.15) is 5.75 Å². The Morgan fingerprint density at radius 1 is 1.14 bits per heavy atom. The van der Waals surface area contributed by atoms with E-state index in [1.54, 1.807) is 12.1 Å². The molecule has 0 aromatic heterocycles. The van der Waals surface area contributed by atoms with Gasteiger partial charge in [-0.1, -0.05) is 32.0 Å². The van der Waals surface area contributed by atoms with E-state index in [1.165, 1.54) is 12.1 Å². The molecule has 21 heavy (non-hydrogen) atoms.